The first-order valence-corrected chi connectivity index (χ1v) is 7.51. The van der Waals surface area contributed by atoms with Crippen molar-refractivity contribution in [1.29, 1.82) is 0 Å². The normalized spacial score (nSPS) is 16.8. The molecular weight excluding hydrogens is 315 g/mol. The molecule has 0 amide bonds. The first-order chi connectivity index (χ1) is 8.74. The van der Waals surface area contributed by atoms with Gasteiger partial charge >= 0.3 is 0 Å². The summed E-state index contributed by atoms with van der Waals surface area (Å²) in [6.45, 7) is 0. The van der Waals surface area contributed by atoms with Gasteiger partial charge in [0.1, 0.15) is 10.8 Å². The van der Waals surface area contributed by atoms with Crippen molar-refractivity contribution in [3.63, 3.8) is 0 Å². The standard InChI is InChI=1S/C13H12BrFN2S/c14-10-7-8(1-4-11(10)15)12(17-9-2-3-9)13-16-5-6-18-13/h1,4-7,9,12,17H,2-3H2. The molecule has 0 spiro atoms. The SMILES string of the molecule is Fc1ccc(C(NC2CC2)c2nccs2)cc1Br. The molecule has 5 heteroatoms. The predicted octanol–water partition coefficient (Wildman–Crippen LogP) is 3.89. The molecule has 0 saturated heterocycles. The Morgan fingerprint density at radius 1 is 1.44 bits per heavy atom. The van der Waals surface area contributed by atoms with Crippen LogP contribution in [-0.2, 0) is 0 Å². The van der Waals surface area contributed by atoms with E-state index in [-0.39, 0.29) is 11.9 Å². The highest BCUT2D eigenvalue weighted by atomic mass is 79.9. The van der Waals surface area contributed by atoms with Crippen LogP contribution in [-0.4, -0.2) is 11.0 Å². The molecule has 1 N–H and O–H groups in total. The third-order valence-corrected chi connectivity index (χ3v) is 4.40. The van der Waals surface area contributed by atoms with Gasteiger partial charge in [0.25, 0.3) is 0 Å². The van der Waals surface area contributed by atoms with Gasteiger partial charge in [-0.05, 0) is 46.5 Å². The molecule has 94 valence electrons. The second-order valence-electron chi connectivity index (χ2n) is 4.42. The largest absolute Gasteiger partial charge is 0.301 e. The van der Waals surface area contributed by atoms with Crippen LogP contribution in [0, 0.1) is 5.82 Å². The zero-order chi connectivity index (χ0) is 12.5. The third-order valence-electron chi connectivity index (χ3n) is 2.96. The Morgan fingerprint density at radius 2 is 2.28 bits per heavy atom. The van der Waals surface area contributed by atoms with Gasteiger partial charge in [0.05, 0.1) is 10.5 Å². The Kier molecular flexibility index (Phi) is 3.46. The van der Waals surface area contributed by atoms with E-state index in [1.54, 1.807) is 17.5 Å². The van der Waals surface area contributed by atoms with E-state index < -0.39 is 0 Å². The lowest BCUT2D eigenvalue weighted by Crippen LogP contribution is -2.24. The number of nitrogens with zero attached hydrogens (tertiary/aromatic N) is 1. The van der Waals surface area contributed by atoms with Crippen molar-refractivity contribution in [3.8, 4) is 0 Å². The molecule has 3 rings (SSSR count). The fourth-order valence-corrected chi connectivity index (χ4v) is 2.98. The molecule has 1 aliphatic carbocycles. The van der Waals surface area contributed by atoms with Gasteiger partial charge in [0, 0.05) is 17.6 Å². The monoisotopic (exact) mass is 326 g/mol. The Labute approximate surface area is 117 Å². The number of hydrogen-bond donors (Lipinski definition) is 1. The summed E-state index contributed by atoms with van der Waals surface area (Å²) in [6, 6.07) is 5.78. The van der Waals surface area contributed by atoms with E-state index in [1.165, 1.54) is 18.9 Å². The number of halogens is 2. The summed E-state index contributed by atoms with van der Waals surface area (Å²) in [6.07, 6.45) is 4.23. The van der Waals surface area contributed by atoms with Gasteiger partial charge in [-0.15, -0.1) is 11.3 Å². The average molecular weight is 327 g/mol. The zero-order valence-corrected chi connectivity index (χ0v) is 12.0. The Morgan fingerprint density at radius 3 is 2.89 bits per heavy atom. The lowest BCUT2D eigenvalue weighted by molar-refractivity contribution is 0.590. The van der Waals surface area contributed by atoms with E-state index >= 15 is 0 Å². The molecular formula is C13H12BrFN2S. The Bertz CT molecular complexity index is 540. The second-order valence-corrected chi connectivity index (χ2v) is 6.20. The summed E-state index contributed by atoms with van der Waals surface area (Å²) in [7, 11) is 0. The molecule has 0 aliphatic heterocycles. The van der Waals surface area contributed by atoms with Crippen LogP contribution in [0.2, 0.25) is 0 Å². The van der Waals surface area contributed by atoms with Gasteiger partial charge in [-0.1, -0.05) is 6.07 Å². The molecule has 0 radical (unpaired) electrons. The van der Waals surface area contributed by atoms with E-state index in [0.29, 0.717) is 10.5 Å². The first-order valence-electron chi connectivity index (χ1n) is 5.84. The third kappa shape index (κ3) is 2.63. The van der Waals surface area contributed by atoms with Crippen LogP contribution in [0.1, 0.15) is 29.5 Å². The minimum Gasteiger partial charge on any atom is -0.301 e. The van der Waals surface area contributed by atoms with Crippen molar-refractivity contribution in [1.82, 2.24) is 10.3 Å². The Hall–Kier alpha value is -0.780. The molecule has 2 aromatic rings. The smallest absolute Gasteiger partial charge is 0.137 e. The number of rotatable bonds is 4. The molecule has 1 unspecified atom stereocenters. The molecule has 18 heavy (non-hydrogen) atoms. The lowest BCUT2D eigenvalue weighted by atomic mass is 10.1. The van der Waals surface area contributed by atoms with Gasteiger partial charge in [-0.3, -0.25) is 0 Å². The fraction of sp³-hybridized carbons (Fsp3) is 0.308. The molecule has 2 nitrogen and oxygen atoms in total. The molecule has 1 saturated carbocycles. The number of hydrogen-bond acceptors (Lipinski definition) is 3. The quantitative estimate of drug-likeness (QED) is 0.922. The summed E-state index contributed by atoms with van der Waals surface area (Å²) in [4.78, 5) is 4.37. The number of aromatic nitrogens is 1. The predicted molar refractivity (Wildman–Crippen MR) is 74.2 cm³/mol. The van der Waals surface area contributed by atoms with Gasteiger partial charge in [0.15, 0.2) is 0 Å². The molecule has 0 bridgehead atoms. The first kappa shape index (κ1) is 12.3. The average Bonchev–Trinajstić information content (AvgIpc) is 3.02. The lowest BCUT2D eigenvalue weighted by Gasteiger charge is -2.17. The van der Waals surface area contributed by atoms with Crippen LogP contribution < -0.4 is 5.32 Å². The second kappa shape index (κ2) is 5.07. The van der Waals surface area contributed by atoms with E-state index in [2.05, 4.69) is 26.2 Å². The minimum atomic E-state index is -0.233. The maximum absolute atomic E-state index is 13.3. The summed E-state index contributed by atoms with van der Waals surface area (Å²) in [5.41, 5.74) is 1.05. The van der Waals surface area contributed by atoms with Gasteiger partial charge in [-0.2, -0.15) is 0 Å². The molecule has 1 aromatic heterocycles. The van der Waals surface area contributed by atoms with Gasteiger partial charge in [0.2, 0.25) is 0 Å². The molecule has 1 aliphatic rings. The van der Waals surface area contributed by atoms with Gasteiger partial charge < -0.3 is 5.32 Å². The van der Waals surface area contributed by atoms with Gasteiger partial charge in [-0.25, -0.2) is 9.37 Å². The van der Waals surface area contributed by atoms with Crippen molar-refractivity contribution >= 4 is 27.3 Å². The molecule has 1 heterocycles. The maximum Gasteiger partial charge on any atom is 0.137 e. The van der Waals surface area contributed by atoms with E-state index in [4.69, 9.17) is 0 Å². The van der Waals surface area contributed by atoms with E-state index in [0.717, 1.165) is 10.6 Å². The van der Waals surface area contributed by atoms with Crippen molar-refractivity contribution in [2.45, 2.75) is 24.9 Å². The van der Waals surface area contributed by atoms with Crippen LogP contribution in [0.5, 0.6) is 0 Å². The summed E-state index contributed by atoms with van der Waals surface area (Å²) in [5.74, 6) is -0.233. The van der Waals surface area contributed by atoms with Crippen molar-refractivity contribution in [2.24, 2.45) is 0 Å². The van der Waals surface area contributed by atoms with Crippen LogP contribution in [0.4, 0.5) is 4.39 Å². The van der Waals surface area contributed by atoms with Crippen molar-refractivity contribution < 1.29 is 4.39 Å². The minimum absolute atomic E-state index is 0.0643. The zero-order valence-electron chi connectivity index (χ0n) is 9.57. The summed E-state index contributed by atoms with van der Waals surface area (Å²) >= 11 is 4.86. The van der Waals surface area contributed by atoms with Crippen molar-refractivity contribution in [3.05, 3.63) is 50.6 Å². The highest BCUT2D eigenvalue weighted by Gasteiger charge is 2.27. The fourth-order valence-electron chi connectivity index (χ4n) is 1.86. The van der Waals surface area contributed by atoms with Crippen LogP contribution >= 0.6 is 27.3 Å². The number of nitrogens with one attached hydrogen (secondary N) is 1. The van der Waals surface area contributed by atoms with E-state index in [1.807, 2.05) is 17.5 Å². The molecule has 1 atom stereocenters. The molecule has 1 fully saturated rings. The highest BCUT2D eigenvalue weighted by Crippen LogP contribution is 2.31. The van der Waals surface area contributed by atoms with Crippen molar-refractivity contribution in [2.75, 3.05) is 0 Å². The molecule has 1 aromatic carbocycles. The maximum atomic E-state index is 13.3. The van der Waals surface area contributed by atoms with Crippen LogP contribution in [0.25, 0.3) is 0 Å². The topological polar surface area (TPSA) is 24.9 Å². The number of benzene rings is 1. The van der Waals surface area contributed by atoms with E-state index in [9.17, 15) is 4.39 Å². The highest BCUT2D eigenvalue weighted by molar-refractivity contribution is 9.10. The van der Waals surface area contributed by atoms with Crippen LogP contribution in [0.15, 0.2) is 34.2 Å². The number of thiazole rings is 1. The summed E-state index contributed by atoms with van der Waals surface area (Å²) < 4.78 is 13.8. The Balaban J connectivity index is 1.93. The summed E-state index contributed by atoms with van der Waals surface area (Å²) in [5, 5.41) is 6.56. The van der Waals surface area contributed by atoms with Crippen LogP contribution in [0.3, 0.4) is 0 Å².